The second kappa shape index (κ2) is 16.7. The van der Waals surface area contributed by atoms with Crippen LogP contribution >= 0.6 is 23.1 Å². The molecule has 12 nitrogen and oxygen atoms in total. The van der Waals surface area contributed by atoms with E-state index in [2.05, 4.69) is 20.8 Å². The number of methoxy groups -OCH3 is 1. The van der Waals surface area contributed by atoms with Crippen LogP contribution in [0.4, 0.5) is 5.00 Å². The number of carbonyl (C=O) groups is 4. The van der Waals surface area contributed by atoms with Gasteiger partial charge in [0.2, 0.25) is 5.91 Å². The molecule has 2 aromatic carbocycles. The Morgan fingerprint density at radius 1 is 0.957 bits per heavy atom. The molecule has 2 N–H and O–H groups in total. The number of hydrogen-bond acceptors (Lipinski definition) is 11. The van der Waals surface area contributed by atoms with Crippen LogP contribution in [0.3, 0.4) is 0 Å². The summed E-state index contributed by atoms with van der Waals surface area (Å²) in [5, 5.41) is 14.4. The summed E-state index contributed by atoms with van der Waals surface area (Å²) < 4.78 is 17.4. The van der Waals surface area contributed by atoms with E-state index in [-0.39, 0.29) is 41.1 Å². The zero-order chi connectivity index (χ0) is 33.9. The standard InChI is InChI=1S/C33H37N5O7S2/c1-6-44-31(41)26-20(3)27(32(42)45-7-2)47-30(26)35-28(39)21(4)46-33-37-36-25(38(33)18-17-22-11-9-8-10-12-22)19-34-29(40)23-13-15-24(43-5)16-14-23/h8-16,21H,6-7,17-19H2,1-5H3,(H,34,40)(H,35,39). The molecule has 0 saturated carbocycles. The van der Waals surface area contributed by atoms with Crippen LogP contribution in [0, 0.1) is 6.92 Å². The third-order valence-corrected chi connectivity index (χ3v) is 9.26. The van der Waals surface area contributed by atoms with E-state index in [0.29, 0.717) is 40.8 Å². The molecule has 0 spiro atoms. The van der Waals surface area contributed by atoms with Crippen LogP contribution in [0.15, 0.2) is 59.8 Å². The molecule has 2 amide bonds. The van der Waals surface area contributed by atoms with Gasteiger partial charge in [-0.25, -0.2) is 9.59 Å². The predicted octanol–water partition coefficient (Wildman–Crippen LogP) is 5.30. The Hall–Kier alpha value is -4.69. The molecule has 4 rings (SSSR count). The Kier molecular flexibility index (Phi) is 12.5. The van der Waals surface area contributed by atoms with Crippen LogP contribution in [0.5, 0.6) is 5.75 Å². The van der Waals surface area contributed by atoms with Crippen molar-refractivity contribution < 1.29 is 33.4 Å². The highest BCUT2D eigenvalue weighted by Gasteiger charge is 2.29. The van der Waals surface area contributed by atoms with Gasteiger partial charge in [-0.1, -0.05) is 42.1 Å². The van der Waals surface area contributed by atoms with E-state index >= 15 is 0 Å². The van der Waals surface area contributed by atoms with Gasteiger partial charge < -0.3 is 29.4 Å². The number of thiophene rings is 1. The number of rotatable bonds is 15. The highest BCUT2D eigenvalue weighted by Crippen LogP contribution is 2.35. The lowest BCUT2D eigenvalue weighted by Crippen LogP contribution is -2.25. The fraction of sp³-hybridized carbons (Fsp3) is 0.333. The van der Waals surface area contributed by atoms with Crippen molar-refractivity contribution >= 4 is 51.9 Å². The SMILES string of the molecule is CCOC(=O)c1sc(NC(=O)C(C)Sc2nnc(CNC(=O)c3ccc(OC)cc3)n2CCc2ccccc2)c(C(=O)OCC)c1C. The number of anilines is 1. The Balaban J connectivity index is 1.53. The smallest absolute Gasteiger partial charge is 0.348 e. The van der Waals surface area contributed by atoms with E-state index in [1.54, 1.807) is 59.1 Å². The van der Waals surface area contributed by atoms with Crippen LogP contribution in [-0.4, -0.2) is 64.1 Å². The summed E-state index contributed by atoms with van der Waals surface area (Å²) in [5.74, 6) is -0.749. The van der Waals surface area contributed by atoms with Gasteiger partial charge in [-0.3, -0.25) is 9.59 Å². The second-order valence-electron chi connectivity index (χ2n) is 10.1. The van der Waals surface area contributed by atoms with Gasteiger partial charge >= 0.3 is 11.9 Å². The third kappa shape index (κ3) is 8.98. The molecule has 0 aliphatic rings. The highest BCUT2D eigenvalue weighted by molar-refractivity contribution is 8.00. The number of aromatic nitrogens is 3. The summed E-state index contributed by atoms with van der Waals surface area (Å²) in [5.41, 5.74) is 2.07. The van der Waals surface area contributed by atoms with Gasteiger partial charge in [0.05, 0.1) is 37.7 Å². The lowest BCUT2D eigenvalue weighted by atomic mass is 10.1. The van der Waals surface area contributed by atoms with Crippen molar-refractivity contribution in [1.82, 2.24) is 20.1 Å². The Bertz CT molecular complexity index is 1700. The van der Waals surface area contributed by atoms with Crippen molar-refractivity contribution in [2.45, 2.75) is 57.6 Å². The van der Waals surface area contributed by atoms with Crippen molar-refractivity contribution in [3.8, 4) is 5.75 Å². The number of aryl methyl sites for hydroxylation is 1. The van der Waals surface area contributed by atoms with Crippen LogP contribution in [-0.2, 0) is 33.8 Å². The fourth-order valence-corrected chi connectivity index (χ4v) is 6.50. The summed E-state index contributed by atoms with van der Waals surface area (Å²) in [6.07, 6.45) is 0.667. The fourth-order valence-electron chi connectivity index (χ4n) is 4.52. The first-order valence-electron chi connectivity index (χ1n) is 15.0. The summed E-state index contributed by atoms with van der Waals surface area (Å²) in [6.45, 7) is 7.60. The maximum absolute atomic E-state index is 13.5. The molecule has 1 atom stereocenters. The summed E-state index contributed by atoms with van der Waals surface area (Å²) in [7, 11) is 1.56. The molecule has 248 valence electrons. The van der Waals surface area contributed by atoms with Crippen molar-refractivity contribution in [2.24, 2.45) is 0 Å². The molecular formula is C33H37N5O7S2. The third-order valence-electron chi connectivity index (χ3n) is 6.99. The molecule has 2 aromatic heterocycles. The number of ether oxygens (including phenoxy) is 3. The van der Waals surface area contributed by atoms with Gasteiger partial charge in [0.1, 0.15) is 15.6 Å². The number of thioether (sulfide) groups is 1. The van der Waals surface area contributed by atoms with Gasteiger partial charge in [-0.2, -0.15) is 0 Å². The summed E-state index contributed by atoms with van der Waals surface area (Å²) in [6, 6.07) is 16.7. The second-order valence-corrected chi connectivity index (χ2v) is 12.5. The first-order chi connectivity index (χ1) is 22.7. The van der Waals surface area contributed by atoms with E-state index in [9.17, 15) is 19.2 Å². The summed E-state index contributed by atoms with van der Waals surface area (Å²) in [4.78, 5) is 51.9. The molecule has 0 aliphatic carbocycles. The molecule has 4 aromatic rings. The van der Waals surface area contributed by atoms with Crippen molar-refractivity contribution in [3.05, 3.63) is 87.6 Å². The number of nitrogens with zero attached hydrogens (tertiary/aromatic N) is 3. The van der Waals surface area contributed by atoms with E-state index in [4.69, 9.17) is 14.2 Å². The highest BCUT2D eigenvalue weighted by atomic mass is 32.2. The number of benzene rings is 2. The van der Waals surface area contributed by atoms with Crippen LogP contribution in [0.25, 0.3) is 0 Å². The van der Waals surface area contributed by atoms with E-state index < -0.39 is 23.1 Å². The maximum Gasteiger partial charge on any atom is 0.348 e. The number of esters is 2. The van der Waals surface area contributed by atoms with E-state index in [1.807, 2.05) is 34.9 Å². The van der Waals surface area contributed by atoms with Gasteiger partial charge in [0.25, 0.3) is 5.91 Å². The number of amides is 2. The predicted molar refractivity (Wildman–Crippen MR) is 179 cm³/mol. The minimum atomic E-state index is -0.681. The van der Waals surface area contributed by atoms with Crippen LogP contribution in [0.2, 0.25) is 0 Å². The van der Waals surface area contributed by atoms with Gasteiger partial charge in [0, 0.05) is 12.1 Å². The molecular weight excluding hydrogens is 643 g/mol. The number of nitrogens with one attached hydrogen (secondary N) is 2. The van der Waals surface area contributed by atoms with Crippen molar-refractivity contribution in [1.29, 1.82) is 0 Å². The number of carbonyl (C=O) groups excluding carboxylic acids is 4. The molecule has 0 aliphatic heterocycles. The largest absolute Gasteiger partial charge is 0.497 e. The minimum absolute atomic E-state index is 0.113. The lowest BCUT2D eigenvalue weighted by Gasteiger charge is -2.14. The molecule has 0 bridgehead atoms. The van der Waals surface area contributed by atoms with Gasteiger partial charge in [-0.05, 0) is 69.5 Å². The quantitative estimate of drug-likeness (QED) is 0.125. The lowest BCUT2D eigenvalue weighted by molar-refractivity contribution is -0.115. The molecule has 14 heteroatoms. The normalized spacial score (nSPS) is 11.4. The Labute approximate surface area is 281 Å². The van der Waals surface area contributed by atoms with E-state index in [1.165, 1.54) is 11.8 Å². The first kappa shape index (κ1) is 35.2. The van der Waals surface area contributed by atoms with Crippen LogP contribution < -0.4 is 15.4 Å². The minimum Gasteiger partial charge on any atom is -0.497 e. The maximum atomic E-state index is 13.5. The average Bonchev–Trinajstić information content (AvgIpc) is 3.62. The number of hydrogen-bond donors (Lipinski definition) is 2. The Morgan fingerprint density at radius 3 is 2.30 bits per heavy atom. The van der Waals surface area contributed by atoms with Gasteiger partial charge in [0.15, 0.2) is 11.0 Å². The van der Waals surface area contributed by atoms with Crippen molar-refractivity contribution in [2.75, 3.05) is 25.6 Å². The monoisotopic (exact) mass is 679 g/mol. The summed E-state index contributed by atoms with van der Waals surface area (Å²) >= 11 is 2.15. The zero-order valence-corrected chi connectivity index (χ0v) is 28.5. The first-order valence-corrected chi connectivity index (χ1v) is 16.7. The topological polar surface area (TPSA) is 151 Å². The molecule has 0 saturated heterocycles. The van der Waals surface area contributed by atoms with Gasteiger partial charge in [-0.15, -0.1) is 21.5 Å². The molecule has 1 unspecified atom stereocenters. The Morgan fingerprint density at radius 2 is 1.64 bits per heavy atom. The average molecular weight is 680 g/mol. The van der Waals surface area contributed by atoms with E-state index in [0.717, 1.165) is 16.9 Å². The van der Waals surface area contributed by atoms with Crippen molar-refractivity contribution in [3.63, 3.8) is 0 Å². The molecule has 2 heterocycles. The zero-order valence-electron chi connectivity index (χ0n) is 26.8. The molecule has 0 radical (unpaired) electrons. The van der Waals surface area contributed by atoms with Crippen LogP contribution in [0.1, 0.15) is 68.1 Å². The molecule has 47 heavy (non-hydrogen) atoms. The molecule has 0 fully saturated rings.